The van der Waals surface area contributed by atoms with Gasteiger partial charge in [-0.1, -0.05) is 12.8 Å². The molecular formula is C19H30N4O2. The van der Waals surface area contributed by atoms with E-state index < -0.39 is 0 Å². The minimum atomic E-state index is 0.0485. The first-order valence-electron chi connectivity index (χ1n) is 9.27. The van der Waals surface area contributed by atoms with Crippen LogP contribution in [0.3, 0.4) is 0 Å². The number of amides is 1. The molecule has 1 heterocycles. The van der Waals surface area contributed by atoms with E-state index in [-0.39, 0.29) is 12.5 Å². The van der Waals surface area contributed by atoms with Gasteiger partial charge in [-0.15, -0.1) is 0 Å². The quantitative estimate of drug-likeness (QED) is 0.631. The van der Waals surface area contributed by atoms with E-state index in [0.717, 1.165) is 24.3 Å². The molecule has 0 aliphatic heterocycles. The van der Waals surface area contributed by atoms with Gasteiger partial charge in [0.05, 0.1) is 25.4 Å². The highest BCUT2D eigenvalue weighted by molar-refractivity contribution is 5.79. The monoisotopic (exact) mass is 346 g/mol. The third-order valence-corrected chi connectivity index (χ3v) is 4.58. The van der Waals surface area contributed by atoms with Gasteiger partial charge in [0.2, 0.25) is 5.91 Å². The lowest BCUT2D eigenvalue weighted by atomic mass is 10.1. The van der Waals surface area contributed by atoms with Crippen LogP contribution in [0.25, 0.3) is 0 Å². The fourth-order valence-electron chi connectivity index (χ4n) is 3.22. The predicted octanol–water partition coefficient (Wildman–Crippen LogP) is 1.62. The van der Waals surface area contributed by atoms with E-state index >= 15 is 0 Å². The summed E-state index contributed by atoms with van der Waals surface area (Å²) < 4.78 is 0. The number of likely N-dealkylation sites (N-methyl/N-ethyl adjacent to an activating group) is 1. The van der Waals surface area contributed by atoms with Crippen molar-refractivity contribution in [3.05, 3.63) is 29.6 Å². The topological polar surface area (TPSA) is 77.8 Å². The number of pyridine rings is 1. The van der Waals surface area contributed by atoms with Crippen LogP contribution >= 0.6 is 0 Å². The second-order valence-corrected chi connectivity index (χ2v) is 6.53. The lowest BCUT2D eigenvalue weighted by Gasteiger charge is -2.24. The molecule has 0 unspecified atom stereocenters. The molecule has 1 aromatic heterocycles. The number of hydrogen-bond acceptors (Lipinski definition) is 5. The molecule has 6 nitrogen and oxygen atoms in total. The Kier molecular flexibility index (Phi) is 8.55. The summed E-state index contributed by atoms with van der Waals surface area (Å²) in [7, 11) is 0. The third kappa shape index (κ3) is 6.92. The molecule has 138 valence electrons. The fraction of sp³-hybridized carbons (Fsp3) is 0.632. The van der Waals surface area contributed by atoms with E-state index in [0.29, 0.717) is 25.6 Å². The molecule has 0 aromatic carbocycles. The van der Waals surface area contributed by atoms with Crippen LogP contribution in [-0.2, 0) is 11.3 Å². The van der Waals surface area contributed by atoms with Crippen LogP contribution in [0.5, 0.6) is 0 Å². The molecule has 6 heteroatoms. The SMILES string of the molecule is CCN(CC1CCCC1)C(=O)CNCc1cc(/C=N/CCO)ccn1. The number of nitrogens with one attached hydrogen (secondary N) is 1. The summed E-state index contributed by atoms with van der Waals surface area (Å²) >= 11 is 0. The second kappa shape index (κ2) is 10.9. The lowest BCUT2D eigenvalue weighted by molar-refractivity contribution is -0.130. The molecule has 0 bridgehead atoms. The summed E-state index contributed by atoms with van der Waals surface area (Å²) in [5.41, 5.74) is 1.82. The van der Waals surface area contributed by atoms with Gasteiger partial charge in [0.15, 0.2) is 0 Å². The van der Waals surface area contributed by atoms with E-state index in [1.165, 1.54) is 25.7 Å². The van der Waals surface area contributed by atoms with Crippen molar-refractivity contribution in [3.8, 4) is 0 Å². The average Bonchev–Trinajstić information content (AvgIpc) is 3.13. The Balaban J connectivity index is 1.76. The van der Waals surface area contributed by atoms with Gasteiger partial charge in [-0.05, 0) is 43.4 Å². The molecule has 0 atom stereocenters. The van der Waals surface area contributed by atoms with Gasteiger partial charge in [0.25, 0.3) is 0 Å². The molecule has 0 saturated heterocycles. The predicted molar refractivity (Wildman–Crippen MR) is 99.7 cm³/mol. The summed E-state index contributed by atoms with van der Waals surface area (Å²) in [6.07, 6.45) is 8.58. The number of aliphatic imine (C=N–C) groups is 1. The highest BCUT2D eigenvalue weighted by atomic mass is 16.3. The molecule has 1 saturated carbocycles. The Labute approximate surface area is 150 Å². The minimum Gasteiger partial charge on any atom is -0.394 e. The largest absolute Gasteiger partial charge is 0.394 e. The molecule has 0 radical (unpaired) electrons. The first-order valence-corrected chi connectivity index (χ1v) is 9.27. The Morgan fingerprint density at radius 3 is 3.00 bits per heavy atom. The molecule has 1 aromatic rings. The number of aromatic nitrogens is 1. The fourth-order valence-corrected chi connectivity index (χ4v) is 3.22. The Bertz CT molecular complexity index is 556. The van der Waals surface area contributed by atoms with Crippen LogP contribution in [0.4, 0.5) is 0 Å². The van der Waals surface area contributed by atoms with Crippen molar-refractivity contribution in [2.45, 2.75) is 39.2 Å². The van der Waals surface area contributed by atoms with Crippen molar-refractivity contribution in [1.29, 1.82) is 0 Å². The van der Waals surface area contributed by atoms with E-state index in [1.54, 1.807) is 12.4 Å². The number of nitrogens with zero attached hydrogens (tertiary/aromatic N) is 3. The zero-order valence-corrected chi connectivity index (χ0v) is 15.2. The number of carbonyl (C=O) groups is 1. The van der Waals surface area contributed by atoms with Crippen molar-refractivity contribution in [1.82, 2.24) is 15.2 Å². The molecule has 2 rings (SSSR count). The van der Waals surface area contributed by atoms with Crippen LogP contribution in [0, 0.1) is 5.92 Å². The summed E-state index contributed by atoms with van der Waals surface area (Å²) in [6.45, 7) is 5.05. The normalized spacial score (nSPS) is 15.1. The molecule has 1 aliphatic rings. The van der Waals surface area contributed by atoms with E-state index in [9.17, 15) is 4.79 Å². The smallest absolute Gasteiger partial charge is 0.236 e. The molecular weight excluding hydrogens is 316 g/mol. The maximum Gasteiger partial charge on any atom is 0.236 e. The average molecular weight is 346 g/mol. The first kappa shape index (κ1) is 19.5. The molecule has 25 heavy (non-hydrogen) atoms. The standard InChI is InChI=1S/C19H30N4O2/c1-2-23(15-16-5-3-4-6-16)19(25)14-21-13-18-11-17(7-8-22-18)12-20-9-10-24/h7-8,11-12,16,21,24H,2-6,9-10,13-15H2,1H3/b20-12+. The third-order valence-electron chi connectivity index (χ3n) is 4.58. The molecule has 1 amide bonds. The summed E-state index contributed by atoms with van der Waals surface area (Å²) in [4.78, 5) is 22.8. The van der Waals surface area contributed by atoms with Crippen molar-refractivity contribution in [3.63, 3.8) is 0 Å². The Hall–Kier alpha value is -1.79. The van der Waals surface area contributed by atoms with Gasteiger partial charge in [-0.3, -0.25) is 14.8 Å². The van der Waals surface area contributed by atoms with Crippen LogP contribution in [-0.4, -0.2) is 59.9 Å². The number of carbonyl (C=O) groups excluding carboxylic acids is 1. The van der Waals surface area contributed by atoms with E-state index in [2.05, 4.69) is 15.3 Å². The number of aliphatic hydroxyl groups is 1. The molecule has 0 spiro atoms. The zero-order valence-electron chi connectivity index (χ0n) is 15.2. The van der Waals surface area contributed by atoms with Crippen LogP contribution in [0.2, 0.25) is 0 Å². The highest BCUT2D eigenvalue weighted by Gasteiger charge is 2.20. The van der Waals surface area contributed by atoms with Crippen LogP contribution in [0.15, 0.2) is 23.3 Å². The zero-order chi connectivity index (χ0) is 17.9. The van der Waals surface area contributed by atoms with Crippen molar-refractivity contribution in [2.24, 2.45) is 10.9 Å². The number of aliphatic hydroxyl groups excluding tert-OH is 1. The maximum absolute atomic E-state index is 12.4. The Morgan fingerprint density at radius 1 is 1.48 bits per heavy atom. The van der Waals surface area contributed by atoms with Gasteiger partial charge < -0.3 is 15.3 Å². The Morgan fingerprint density at radius 2 is 2.28 bits per heavy atom. The van der Waals surface area contributed by atoms with Gasteiger partial charge in [0.1, 0.15) is 0 Å². The van der Waals surface area contributed by atoms with Gasteiger partial charge in [-0.2, -0.15) is 0 Å². The van der Waals surface area contributed by atoms with Crippen molar-refractivity contribution in [2.75, 3.05) is 32.8 Å². The lowest BCUT2D eigenvalue weighted by Crippen LogP contribution is -2.40. The highest BCUT2D eigenvalue weighted by Crippen LogP contribution is 2.25. The van der Waals surface area contributed by atoms with Crippen LogP contribution < -0.4 is 5.32 Å². The summed E-state index contributed by atoms with van der Waals surface area (Å²) in [5, 5.41) is 11.9. The molecule has 1 aliphatic carbocycles. The molecule has 1 fully saturated rings. The van der Waals surface area contributed by atoms with Gasteiger partial charge in [-0.25, -0.2) is 0 Å². The van der Waals surface area contributed by atoms with E-state index in [4.69, 9.17) is 5.11 Å². The van der Waals surface area contributed by atoms with Crippen molar-refractivity contribution < 1.29 is 9.90 Å². The number of rotatable bonds is 10. The summed E-state index contributed by atoms with van der Waals surface area (Å²) in [6, 6.07) is 3.81. The minimum absolute atomic E-state index is 0.0485. The van der Waals surface area contributed by atoms with Gasteiger partial charge >= 0.3 is 0 Å². The van der Waals surface area contributed by atoms with Crippen molar-refractivity contribution >= 4 is 12.1 Å². The second-order valence-electron chi connectivity index (χ2n) is 6.53. The molecule has 2 N–H and O–H groups in total. The first-order chi connectivity index (χ1) is 12.2. The van der Waals surface area contributed by atoms with E-state index in [1.807, 2.05) is 24.0 Å². The van der Waals surface area contributed by atoms with Crippen LogP contribution in [0.1, 0.15) is 43.9 Å². The maximum atomic E-state index is 12.4. The summed E-state index contributed by atoms with van der Waals surface area (Å²) in [5.74, 6) is 0.843. The number of hydrogen-bond donors (Lipinski definition) is 2. The van der Waals surface area contributed by atoms with Gasteiger partial charge in [0, 0.05) is 32.0 Å².